The number of hydrogen-bond acceptors (Lipinski definition) is 3. The van der Waals surface area contributed by atoms with Crippen LogP contribution in [0.1, 0.15) is 36.5 Å². The highest BCUT2D eigenvalue weighted by molar-refractivity contribution is 6.09. The van der Waals surface area contributed by atoms with Crippen LogP contribution in [-0.2, 0) is 0 Å². The second-order valence-electron chi connectivity index (χ2n) is 5.88. The van der Waals surface area contributed by atoms with Crippen LogP contribution in [0.15, 0.2) is 35.1 Å². The summed E-state index contributed by atoms with van der Waals surface area (Å²) in [5.74, 6) is 0.154. The van der Waals surface area contributed by atoms with E-state index in [0.29, 0.717) is 11.1 Å². The Morgan fingerprint density at radius 2 is 2.14 bits per heavy atom. The fraction of sp³-hybridized carbons (Fsp3) is 0.412. The number of H-pyrrole nitrogens is 1. The molecule has 4 nitrogen and oxygen atoms in total. The van der Waals surface area contributed by atoms with Gasteiger partial charge in [-0.2, -0.15) is 0 Å². The van der Waals surface area contributed by atoms with Crippen LogP contribution in [-0.4, -0.2) is 23.9 Å². The minimum Gasteiger partial charge on any atom is -0.321 e. The Morgan fingerprint density at radius 1 is 1.29 bits per heavy atom. The Hall–Kier alpha value is -1.94. The predicted molar refractivity (Wildman–Crippen MR) is 83.7 cm³/mol. The lowest BCUT2D eigenvalue weighted by Gasteiger charge is -2.26. The van der Waals surface area contributed by atoms with Crippen LogP contribution < -0.4 is 10.9 Å². The van der Waals surface area contributed by atoms with Gasteiger partial charge in [0.1, 0.15) is 0 Å². The average Bonchev–Trinajstić information content (AvgIpc) is 2.96. The number of benzene rings is 1. The van der Waals surface area contributed by atoms with Crippen molar-refractivity contribution in [2.75, 3.05) is 13.1 Å². The average molecular weight is 284 g/mol. The number of aromatic amines is 1. The second-order valence-corrected chi connectivity index (χ2v) is 5.88. The maximum atomic E-state index is 13.1. The minimum atomic E-state index is -0.324. The van der Waals surface area contributed by atoms with Crippen molar-refractivity contribution in [3.05, 3.63) is 46.2 Å². The largest absolute Gasteiger partial charge is 0.321 e. The van der Waals surface area contributed by atoms with Crippen LogP contribution in [0.5, 0.6) is 0 Å². The first-order valence-electron chi connectivity index (χ1n) is 7.54. The van der Waals surface area contributed by atoms with Crippen molar-refractivity contribution in [1.29, 1.82) is 0 Å². The molecule has 110 valence electrons. The monoisotopic (exact) mass is 284 g/mol. The van der Waals surface area contributed by atoms with Gasteiger partial charge in [-0.3, -0.25) is 9.59 Å². The van der Waals surface area contributed by atoms with Crippen LogP contribution in [0.2, 0.25) is 0 Å². The van der Waals surface area contributed by atoms with Crippen LogP contribution >= 0.6 is 0 Å². The van der Waals surface area contributed by atoms with E-state index in [4.69, 9.17) is 0 Å². The quantitative estimate of drug-likeness (QED) is 0.848. The molecule has 1 saturated heterocycles. The van der Waals surface area contributed by atoms with Gasteiger partial charge in [0, 0.05) is 23.6 Å². The third kappa shape index (κ3) is 2.40. The number of carbonyl (C=O) groups is 1. The highest BCUT2D eigenvalue weighted by atomic mass is 16.1. The molecule has 4 heteroatoms. The van der Waals surface area contributed by atoms with Crippen molar-refractivity contribution >= 4 is 16.7 Å². The molecule has 0 amide bonds. The fourth-order valence-electron chi connectivity index (χ4n) is 3.40. The molecule has 1 aromatic heterocycles. The molecule has 0 spiro atoms. The number of nitrogens with one attached hydrogen (secondary N) is 2. The number of aromatic nitrogens is 1. The molecule has 0 aliphatic carbocycles. The van der Waals surface area contributed by atoms with E-state index in [2.05, 4.69) is 17.2 Å². The molecule has 3 rings (SSSR count). The van der Waals surface area contributed by atoms with Gasteiger partial charge in [0.2, 0.25) is 5.56 Å². The van der Waals surface area contributed by atoms with E-state index in [9.17, 15) is 9.59 Å². The number of rotatable bonds is 4. The first-order valence-corrected chi connectivity index (χ1v) is 7.54. The summed E-state index contributed by atoms with van der Waals surface area (Å²) < 4.78 is 0. The first kappa shape index (κ1) is 14.0. The van der Waals surface area contributed by atoms with Crippen molar-refractivity contribution in [2.45, 2.75) is 26.2 Å². The molecule has 21 heavy (non-hydrogen) atoms. The van der Waals surface area contributed by atoms with Crippen molar-refractivity contribution in [3.63, 3.8) is 0 Å². The van der Waals surface area contributed by atoms with Crippen molar-refractivity contribution in [2.24, 2.45) is 5.41 Å². The van der Waals surface area contributed by atoms with Gasteiger partial charge in [-0.15, -0.1) is 0 Å². The van der Waals surface area contributed by atoms with Crippen molar-refractivity contribution in [3.8, 4) is 0 Å². The van der Waals surface area contributed by atoms with Gasteiger partial charge in [-0.25, -0.2) is 0 Å². The lowest BCUT2D eigenvalue weighted by molar-refractivity contribution is 0.0803. The van der Waals surface area contributed by atoms with E-state index >= 15 is 0 Å². The van der Waals surface area contributed by atoms with Crippen LogP contribution in [0.4, 0.5) is 0 Å². The first-order chi connectivity index (χ1) is 10.2. The molecule has 0 bridgehead atoms. The molecule has 1 aliphatic rings. The Bertz CT molecular complexity index is 727. The maximum absolute atomic E-state index is 13.1. The highest BCUT2D eigenvalue weighted by Crippen LogP contribution is 2.36. The number of pyridine rings is 1. The summed E-state index contributed by atoms with van der Waals surface area (Å²) in [6.07, 6.45) is 2.73. The molecule has 2 heterocycles. The van der Waals surface area contributed by atoms with Gasteiger partial charge < -0.3 is 10.3 Å². The minimum absolute atomic E-state index is 0.154. The van der Waals surface area contributed by atoms with E-state index in [-0.39, 0.29) is 16.8 Å². The van der Waals surface area contributed by atoms with E-state index < -0.39 is 0 Å². The molecule has 1 aromatic carbocycles. The van der Waals surface area contributed by atoms with Gasteiger partial charge in [-0.05, 0) is 36.9 Å². The van der Waals surface area contributed by atoms with E-state index in [1.807, 2.05) is 18.2 Å². The number of Topliss-reactive ketones (excluding diaryl/α,β-unsaturated/α-hetero) is 1. The Morgan fingerprint density at radius 3 is 2.86 bits per heavy atom. The van der Waals surface area contributed by atoms with Gasteiger partial charge in [-0.1, -0.05) is 25.5 Å². The van der Waals surface area contributed by atoms with Gasteiger partial charge >= 0.3 is 0 Å². The molecule has 2 N–H and O–H groups in total. The summed E-state index contributed by atoms with van der Waals surface area (Å²) in [5.41, 5.74) is 0.812. The fourth-order valence-corrected chi connectivity index (χ4v) is 3.40. The molecular formula is C17H20N2O2. The van der Waals surface area contributed by atoms with Gasteiger partial charge in [0.05, 0.1) is 5.52 Å². The molecule has 1 atom stereocenters. The summed E-state index contributed by atoms with van der Waals surface area (Å²) in [7, 11) is 0. The summed E-state index contributed by atoms with van der Waals surface area (Å²) in [4.78, 5) is 27.6. The molecular weight excluding hydrogens is 264 g/mol. The Labute approximate surface area is 123 Å². The maximum Gasteiger partial charge on any atom is 0.248 e. The van der Waals surface area contributed by atoms with E-state index in [0.717, 1.165) is 37.7 Å². The lowest BCUT2D eigenvalue weighted by atomic mass is 9.75. The molecule has 2 aromatic rings. The number of para-hydroxylation sites is 1. The third-order valence-corrected chi connectivity index (χ3v) is 4.46. The van der Waals surface area contributed by atoms with E-state index in [1.54, 1.807) is 6.07 Å². The second kappa shape index (κ2) is 5.45. The zero-order valence-corrected chi connectivity index (χ0v) is 12.2. The van der Waals surface area contributed by atoms with Crippen LogP contribution in [0, 0.1) is 5.41 Å². The normalized spacial score (nSPS) is 21.8. The number of ketones is 1. The van der Waals surface area contributed by atoms with Gasteiger partial charge in [0.15, 0.2) is 5.78 Å². The number of fused-ring (bicyclic) bond motifs is 1. The van der Waals surface area contributed by atoms with Crippen LogP contribution in [0.3, 0.4) is 0 Å². The standard InChI is InChI=1S/C17H20N2O2/c1-2-8-17(9-10-18-11-17)16(21)13-5-3-4-12-6-7-14(20)19-15(12)13/h3-7,18H,2,8-11H2,1H3,(H,19,20). The summed E-state index contributed by atoms with van der Waals surface area (Å²) in [6.45, 7) is 3.72. The molecule has 0 saturated carbocycles. The Kier molecular flexibility index (Phi) is 3.64. The Balaban J connectivity index is 2.13. The molecule has 1 unspecified atom stereocenters. The topological polar surface area (TPSA) is 62.0 Å². The molecule has 1 fully saturated rings. The predicted octanol–water partition coefficient (Wildman–Crippen LogP) is 2.49. The zero-order chi connectivity index (χ0) is 14.9. The summed E-state index contributed by atoms with van der Waals surface area (Å²) in [6, 6.07) is 8.90. The third-order valence-electron chi connectivity index (χ3n) is 4.46. The molecule has 0 radical (unpaired) electrons. The lowest BCUT2D eigenvalue weighted by Crippen LogP contribution is -2.34. The van der Waals surface area contributed by atoms with Crippen LogP contribution in [0.25, 0.3) is 10.9 Å². The van der Waals surface area contributed by atoms with Crippen molar-refractivity contribution in [1.82, 2.24) is 10.3 Å². The van der Waals surface area contributed by atoms with Crippen molar-refractivity contribution < 1.29 is 4.79 Å². The summed E-state index contributed by atoms with van der Waals surface area (Å²) >= 11 is 0. The summed E-state index contributed by atoms with van der Waals surface area (Å²) in [5, 5.41) is 4.22. The van der Waals surface area contributed by atoms with Gasteiger partial charge in [0.25, 0.3) is 0 Å². The zero-order valence-electron chi connectivity index (χ0n) is 12.2. The number of hydrogen-bond donors (Lipinski definition) is 2. The SMILES string of the molecule is CCCC1(C(=O)c2cccc3ccc(=O)[nH]c23)CCNC1. The smallest absolute Gasteiger partial charge is 0.248 e. The molecule has 1 aliphatic heterocycles. The van der Waals surface area contributed by atoms with E-state index in [1.165, 1.54) is 6.07 Å². The number of carbonyl (C=O) groups excluding carboxylic acids is 1. The highest BCUT2D eigenvalue weighted by Gasteiger charge is 2.41.